The Hall–Kier alpha value is -0.970. The van der Waals surface area contributed by atoms with Gasteiger partial charge >= 0.3 is 0 Å². The fourth-order valence-electron chi connectivity index (χ4n) is 3.13. The Morgan fingerprint density at radius 2 is 2.32 bits per heavy atom. The molecule has 1 N–H and O–H groups in total. The van der Waals surface area contributed by atoms with Gasteiger partial charge in [0.1, 0.15) is 5.82 Å². The Morgan fingerprint density at radius 1 is 1.47 bits per heavy atom. The molecule has 1 aromatic rings. The van der Waals surface area contributed by atoms with Crippen LogP contribution in [0.25, 0.3) is 0 Å². The molecule has 0 spiro atoms. The average Bonchev–Trinajstić information content (AvgIpc) is 3.03. The molecule has 0 bridgehead atoms. The van der Waals surface area contributed by atoms with E-state index < -0.39 is 0 Å². The van der Waals surface area contributed by atoms with Crippen LogP contribution in [0.2, 0.25) is 0 Å². The molecule has 1 aliphatic carbocycles. The molecule has 1 amide bonds. The fraction of sp³-hybridized carbons (Fsp3) is 0.714. The highest BCUT2D eigenvalue weighted by Crippen LogP contribution is 2.28. The van der Waals surface area contributed by atoms with Crippen molar-refractivity contribution >= 4 is 17.7 Å². The van der Waals surface area contributed by atoms with Crippen LogP contribution in [0.15, 0.2) is 0 Å². The van der Waals surface area contributed by atoms with Gasteiger partial charge in [-0.25, -0.2) is 4.98 Å². The minimum Gasteiger partial charge on any atom is -0.346 e. The second-order valence-electron chi connectivity index (χ2n) is 5.65. The molecule has 19 heavy (non-hydrogen) atoms. The van der Waals surface area contributed by atoms with E-state index in [-0.39, 0.29) is 5.92 Å². The first-order valence-corrected chi connectivity index (χ1v) is 8.19. The van der Waals surface area contributed by atoms with Crippen LogP contribution in [0.4, 0.5) is 0 Å². The molecule has 0 unspecified atom stereocenters. The van der Waals surface area contributed by atoms with E-state index in [2.05, 4.69) is 9.97 Å². The first-order valence-electron chi connectivity index (χ1n) is 7.04. The molecule has 2 aliphatic rings. The standard InChI is InChI=1S/C14H21N3OS/c1-9-15-12-4-3-10(7-13(12)16-9)14(18)17(2)11-5-6-19-8-11/h10-11H,3-8H2,1-2H3,(H,15,16)/t10-,11+/m0/s1. The van der Waals surface area contributed by atoms with E-state index in [0.29, 0.717) is 11.9 Å². The summed E-state index contributed by atoms with van der Waals surface area (Å²) in [6.45, 7) is 1.98. The minimum absolute atomic E-state index is 0.142. The monoisotopic (exact) mass is 279 g/mol. The maximum absolute atomic E-state index is 12.6. The highest BCUT2D eigenvalue weighted by molar-refractivity contribution is 7.99. The van der Waals surface area contributed by atoms with E-state index in [9.17, 15) is 4.79 Å². The smallest absolute Gasteiger partial charge is 0.226 e. The molecule has 2 heterocycles. The predicted octanol–water partition coefficient (Wildman–Crippen LogP) is 1.79. The number of rotatable bonds is 2. The molecule has 4 nitrogen and oxygen atoms in total. The van der Waals surface area contributed by atoms with Gasteiger partial charge in [-0.05, 0) is 31.9 Å². The molecule has 2 atom stereocenters. The predicted molar refractivity (Wildman–Crippen MR) is 77.3 cm³/mol. The van der Waals surface area contributed by atoms with Gasteiger partial charge in [-0.15, -0.1) is 0 Å². The largest absolute Gasteiger partial charge is 0.346 e. The quantitative estimate of drug-likeness (QED) is 0.898. The molecule has 104 valence electrons. The molecule has 3 rings (SSSR count). The van der Waals surface area contributed by atoms with Crippen LogP contribution in [-0.4, -0.2) is 45.4 Å². The summed E-state index contributed by atoms with van der Waals surface area (Å²) in [6, 6.07) is 0.447. The van der Waals surface area contributed by atoms with Crippen LogP contribution in [0.1, 0.15) is 30.1 Å². The topological polar surface area (TPSA) is 49.0 Å². The van der Waals surface area contributed by atoms with Gasteiger partial charge in [-0.1, -0.05) is 0 Å². The number of carbonyl (C=O) groups is 1. The van der Waals surface area contributed by atoms with Gasteiger partial charge in [0.05, 0.1) is 5.69 Å². The third kappa shape index (κ3) is 2.53. The number of nitrogens with one attached hydrogen (secondary N) is 1. The average molecular weight is 279 g/mol. The number of amides is 1. The second kappa shape index (κ2) is 5.19. The van der Waals surface area contributed by atoms with Crippen LogP contribution in [-0.2, 0) is 17.6 Å². The summed E-state index contributed by atoms with van der Waals surface area (Å²) in [7, 11) is 1.98. The summed E-state index contributed by atoms with van der Waals surface area (Å²) >= 11 is 1.96. The fourth-order valence-corrected chi connectivity index (χ4v) is 4.40. The molecule has 0 aromatic carbocycles. The number of thioether (sulfide) groups is 1. The van der Waals surface area contributed by atoms with Crippen molar-refractivity contribution in [1.82, 2.24) is 14.9 Å². The van der Waals surface area contributed by atoms with Crippen molar-refractivity contribution in [2.24, 2.45) is 5.92 Å². The van der Waals surface area contributed by atoms with Crippen molar-refractivity contribution in [2.75, 3.05) is 18.6 Å². The maximum Gasteiger partial charge on any atom is 0.226 e. The number of aryl methyl sites for hydroxylation is 2. The summed E-state index contributed by atoms with van der Waals surface area (Å²) in [5.74, 6) is 3.73. The van der Waals surface area contributed by atoms with Gasteiger partial charge in [0.2, 0.25) is 5.91 Å². The molecular weight excluding hydrogens is 258 g/mol. The third-order valence-electron chi connectivity index (χ3n) is 4.31. The van der Waals surface area contributed by atoms with Gasteiger partial charge in [-0.2, -0.15) is 11.8 Å². The number of H-pyrrole nitrogens is 1. The summed E-state index contributed by atoms with van der Waals surface area (Å²) in [5.41, 5.74) is 2.34. The van der Waals surface area contributed by atoms with Gasteiger partial charge in [0, 0.05) is 36.9 Å². The molecule has 1 saturated heterocycles. The van der Waals surface area contributed by atoms with Crippen LogP contribution < -0.4 is 0 Å². The van der Waals surface area contributed by atoms with E-state index in [1.54, 1.807) is 0 Å². The Morgan fingerprint density at radius 3 is 3.05 bits per heavy atom. The number of nitrogens with zero attached hydrogens (tertiary/aromatic N) is 2. The summed E-state index contributed by atoms with van der Waals surface area (Å²) < 4.78 is 0. The molecule has 1 aliphatic heterocycles. The zero-order valence-electron chi connectivity index (χ0n) is 11.6. The maximum atomic E-state index is 12.6. The molecule has 5 heteroatoms. The molecule has 1 fully saturated rings. The first kappa shape index (κ1) is 13.0. The molecule has 0 radical (unpaired) electrons. The number of hydrogen-bond donors (Lipinski definition) is 1. The third-order valence-corrected chi connectivity index (χ3v) is 5.46. The number of aromatic nitrogens is 2. The highest BCUT2D eigenvalue weighted by Gasteiger charge is 2.32. The van der Waals surface area contributed by atoms with E-state index >= 15 is 0 Å². The van der Waals surface area contributed by atoms with Gasteiger partial charge in [-0.3, -0.25) is 4.79 Å². The van der Waals surface area contributed by atoms with Crippen LogP contribution in [0, 0.1) is 12.8 Å². The van der Waals surface area contributed by atoms with Gasteiger partial charge in [0.15, 0.2) is 0 Å². The van der Waals surface area contributed by atoms with Crippen molar-refractivity contribution in [2.45, 2.75) is 38.6 Å². The van der Waals surface area contributed by atoms with Gasteiger partial charge in [0.25, 0.3) is 0 Å². The lowest BCUT2D eigenvalue weighted by Crippen LogP contribution is -2.42. The zero-order chi connectivity index (χ0) is 13.4. The summed E-state index contributed by atoms with van der Waals surface area (Å²) in [6.07, 6.45) is 3.86. The molecule has 0 saturated carbocycles. The first-order chi connectivity index (χ1) is 9.15. The number of carbonyl (C=O) groups excluding carboxylic acids is 1. The molecular formula is C14H21N3OS. The van der Waals surface area contributed by atoms with Crippen molar-refractivity contribution < 1.29 is 4.79 Å². The van der Waals surface area contributed by atoms with E-state index in [1.807, 2.05) is 30.6 Å². The van der Waals surface area contributed by atoms with E-state index in [1.165, 1.54) is 17.1 Å². The minimum atomic E-state index is 0.142. The number of hydrogen-bond acceptors (Lipinski definition) is 3. The Labute approximate surface area is 118 Å². The Kier molecular flexibility index (Phi) is 3.56. The summed E-state index contributed by atoms with van der Waals surface area (Å²) in [4.78, 5) is 22.4. The highest BCUT2D eigenvalue weighted by atomic mass is 32.2. The lowest BCUT2D eigenvalue weighted by molar-refractivity contribution is -0.136. The number of imidazole rings is 1. The Bertz CT molecular complexity index is 479. The van der Waals surface area contributed by atoms with Crippen molar-refractivity contribution in [1.29, 1.82) is 0 Å². The van der Waals surface area contributed by atoms with Crippen LogP contribution in [0.5, 0.6) is 0 Å². The molecule has 1 aromatic heterocycles. The van der Waals surface area contributed by atoms with E-state index in [0.717, 1.165) is 37.3 Å². The van der Waals surface area contributed by atoms with Crippen LogP contribution >= 0.6 is 11.8 Å². The number of fused-ring (bicyclic) bond motifs is 1. The number of aromatic amines is 1. The zero-order valence-corrected chi connectivity index (χ0v) is 12.4. The van der Waals surface area contributed by atoms with E-state index in [4.69, 9.17) is 0 Å². The Balaban J connectivity index is 1.68. The lowest BCUT2D eigenvalue weighted by Gasteiger charge is -2.30. The second-order valence-corrected chi connectivity index (χ2v) is 6.80. The lowest BCUT2D eigenvalue weighted by atomic mass is 9.88. The normalized spacial score (nSPS) is 26.2. The van der Waals surface area contributed by atoms with Crippen LogP contribution in [0.3, 0.4) is 0 Å². The SMILES string of the molecule is Cc1nc2c([nH]1)C[C@@H](C(=O)N(C)[C@@H]1CCSC1)CC2. The summed E-state index contributed by atoms with van der Waals surface area (Å²) in [5, 5.41) is 0. The van der Waals surface area contributed by atoms with Crippen molar-refractivity contribution in [3.63, 3.8) is 0 Å². The van der Waals surface area contributed by atoms with Crippen molar-refractivity contribution in [3.8, 4) is 0 Å². The van der Waals surface area contributed by atoms with Crippen molar-refractivity contribution in [3.05, 3.63) is 17.2 Å². The van der Waals surface area contributed by atoms with Gasteiger partial charge < -0.3 is 9.88 Å².